The third-order valence-electron chi connectivity index (χ3n) is 2.19. The predicted molar refractivity (Wildman–Crippen MR) is 47.6 cm³/mol. The van der Waals surface area contributed by atoms with Crippen LogP contribution in [0, 0.1) is 0 Å². The molecule has 0 aromatic carbocycles. The van der Waals surface area contributed by atoms with Gasteiger partial charge < -0.3 is 0 Å². The standard InChI is InChI=1S/C9H17NO2/c1-5-8(12)10(7-11)9(3,4)6-2/h7H,5-6H2,1-4H3. The Bertz CT molecular complexity index is 175. The molecular formula is C9H17NO2. The molecule has 0 aliphatic heterocycles. The largest absolute Gasteiger partial charge is 0.280 e. The number of nitrogens with zero attached hydrogens (tertiary/aromatic N) is 1. The lowest BCUT2D eigenvalue weighted by Crippen LogP contribution is -2.46. The fraction of sp³-hybridized carbons (Fsp3) is 0.778. The molecule has 0 atom stereocenters. The summed E-state index contributed by atoms with van der Waals surface area (Å²) in [5.74, 6) is -0.114. The van der Waals surface area contributed by atoms with E-state index in [1.165, 1.54) is 4.90 Å². The van der Waals surface area contributed by atoms with Crippen molar-refractivity contribution in [3.8, 4) is 0 Å². The molecule has 0 aliphatic rings. The van der Waals surface area contributed by atoms with E-state index in [0.717, 1.165) is 6.42 Å². The first-order chi connectivity index (χ1) is 5.49. The molecule has 0 saturated carbocycles. The number of imide groups is 1. The second kappa shape index (κ2) is 4.24. The van der Waals surface area contributed by atoms with Gasteiger partial charge in [-0.1, -0.05) is 13.8 Å². The van der Waals surface area contributed by atoms with Crippen LogP contribution in [-0.4, -0.2) is 22.8 Å². The molecule has 2 amide bonds. The van der Waals surface area contributed by atoms with Crippen LogP contribution in [-0.2, 0) is 9.59 Å². The van der Waals surface area contributed by atoms with Gasteiger partial charge in [0.1, 0.15) is 0 Å². The first kappa shape index (κ1) is 11.1. The van der Waals surface area contributed by atoms with Crippen molar-refractivity contribution in [3.05, 3.63) is 0 Å². The summed E-state index contributed by atoms with van der Waals surface area (Å²) < 4.78 is 0. The summed E-state index contributed by atoms with van der Waals surface area (Å²) in [6.45, 7) is 7.48. The lowest BCUT2D eigenvalue weighted by Gasteiger charge is -2.32. The number of carbonyl (C=O) groups is 2. The smallest absolute Gasteiger partial charge is 0.229 e. The second-order valence-corrected chi connectivity index (χ2v) is 3.39. The highest BCUT2D eigenvalue weighted by Gasteiger charge is 2.27. The highest BCUT2D eigenvalue weighted by atomic mass is 16.2. The molecule has 0 saturated heterocycles. The van der Waals surface area contributed by atoms with Gasteiger partial charge in [-0.25, -0.2) is 0 Å². The summed E-state index contributed by atoms with van der Waals surface area (Å²) in [5.41, 5.74) is -0.352. The Balaban J connectivity index is 4.54. The quantitative estimate of drug-likeness (QED) is 0.602. The van der Waals surface area contributed by atoms with Crippen molar-refractivity contribution < 1.29 is 9.59 Å². The van der Waals surface area contributed by atoms with Crippen LogP contribution >= 0.6 is 0 Å². The van der Waals surface area contributed by atoms with Crippen molar-refractivity contribution in [1.29, 1.82) is 0 Å². The summed E-state index contributed by atoms with van der Waals surface area (Å²) in [6, 6.07) is 0. The Labute approximate surface area is 73.7 Å². The van der Waals surface area contributed by atoms with Crippen LogP contribution in [0.15, 0.2) is 0 Å². The van der Waals surface area contributed by atoms with Gasteiger partial charge in [-0.3, -0.25) is 14.5 Å². The lowest BCUT2D eigenvalue weighted by atomic mass is 9.99. The van der Waals surface area contributed by atoms with Gasteiger partial charge >= 0.3 is 0 Å². The summed E-state index contributed by atoms with van der Waals surface area (Å²) in [5, 5.41) is 0. The Hall–Kier alpha value is -0.860. The summed E-state index contributed by atoms with van der Waals surface area (Å²) in [6.07, 6.45) is 1.77. The number of rotatable bonds is 4. The maximum atomic E-state index is 11.2. The molecule has 0 rings (SSSR count). The summed E-state index contributed by atoms with van der Waals surface area (Å²) in [7, 11) is 0. The number of hydrogen-bond acceptors (Lipinski definition) is 2. The Morgan fingerprint density at radius 3 is 2.17 bits per heavy atom. The fourth-order valence-corrected chi connectivity index (χ4v) is 0.880. The van der Waals surface area contributed by atoms with Crippen molar-refractivity contribution in [3.63, 3.8) is 0 Å². The van der Waals surface area contributed by atoms with Gasteiger partial charge in [0.05, 0.1) is 0 Å². The predicted octanol–water partition coefficient (Wildman–Crippen LogP) is 1.57. The average molecular weight is 171 g/mol. The van der Waals surface area contributed by atoms with E-state index in [0.29, 0.717) is 12.8 Å². The van der Waals surface area contributed by atoms with Crippen molar-refractivity contribution >= 4 is 12.3 Å². The van der Waals surface area contributed by atoms with E-state index in [1.54, 1.807) is 6.92 Å². The van der Waals surface area contributed by atoms with Crippen molar-refractivity contribution in [2.45, 2.75) is 46.1 Å². The molecule has 0 aromatic heterocycles. The Morgan fingerprint density at radius 1 is 1.42 bits per heavy atom. The minimum atomic E-state index is -0.352. The van der Waals surface area contributed by atoms with Crippen LogP contribution in [0.4, 0.5) is 0 Å². The van der Waals surface area contributed by atoms with Crippen LogP contribution in [0.2, 0.25) is 0 Å². The van der Waals surface area contributed by atoms with Crippen LogP contribution in [0.1, 0.15) is 40.5 Å². The van der Waals surface area contributed by atoms with Gasteiger partial charge in [-0.15, -0.1) is 0 Å². The maximum Gasteiger partial charge on any atom is 0.229 e. The Morgan fingerprint density at radius 2 is 1.92 bits per heavy atom. The van der Waals surface area contributed by atoms with E-state index in [-0.39, 0.29) is 11.4 Å². The minimum absolute atomic E-state index is 0.114. The summed E-state index contributed by atoms with van der Waals surface area (Å²) in [4.78, 5) is 23.1. The number of carbonyl (C=O) groups excluding carboxylic acids is 2. The molecular weight excluding hydrogens is 154 g/mol. The summed E-state index contributed by atoms with van der Waals surface area (Å²) >= 11 is 0. The first-order valence-corrected chi connectivity index (χ1v) is 4.27. The van der Waals surface area contributed by atoms with Gasteiger partial charge in [0.25, 0.3) is 0 Å². The normalized spacial score (nSPS) is 11.0. The van der Waals surface area contributed by atoms with Crippen molar-refractivity contribution in [2.75, 3.05) is 0 Å². The molecule has 0 bridgehead atoms. The fourth-order valence-electron chi connectivity index (χ4n) is 0.880. The number of amides is 2. The third kappa shape index (κ3) is 2.32. The zero-order valence-electron chi connectivity index (χ0n) is 8.26. The van der Waals surface area contributed by atoms with E-state index in [4.69, 9.17) is 0 Å². The highest BCUT2D eigenvalue weighted by Crippen LogP contribution is 2.17. The van der Waals surface area contributed by atoms with E-state index in [2.05, 4.69) is 0 Å². The minimum Gasteiger partial charge on any atom is -0.280 e. The molecule has 0 aliphatic carbocycles. The molecule has 0 heterocycles. The van der Waals surface area contributed by atoms with Gasteiger partial charge in [0, 0.05) is 12.0 Å². The van der Waals surface area contributed by atoms with Crippen molar-refractivity contribution in [2.24, 2.45) is 0 Å². The van der Waals surface area contributed by atoms with Crippen LogP contribution in [0.25, 0.3) is 0 Å². The molecule has 0 radical (unpaired) electrons. The molecule has 0 aromatic rings. The van der Waals surface area contributed by atoms with Gasteiger partial charge in [-0.05, 0) is 20.3 Å². The lowest BCUT2D eigenvalue weighted by molar-refractivity contribution is -0.143. The maximum absolute atomic E-state index is 11.2. The SMILES string of the molecule is CCC(=O)N(C=O)C(C)(C)CC. The van der Waals surface area contributed by atoms with E-state index in [1.807, 2.05) is 20.8 Å². The average Bonchev–Trinajstić information content (AvgIpc) is 2.05. The molecule has 0 spiro atoms. The first-order valence-electron chi connectivity index (χ1n) is 4.27. The molecule has 3 nitrogen and oxygen atoms in total. The molecule has 70 valence electrons. The van der Waals surface area contributed by atoms with E-state index >= 15 is 0 Å². The molecule has 0 N–H and O–H groups in total. The van der Waals surface area contributed by atoms with Crippen molar-refractivity contribution in [1.82, 2.24) is 4.90 Å². The van der Waals surface area contributed by atoms with Crippen LogP contribution < -0.4 is 0 Å². The van der Waals surface area contributed by atoms with E-state index in [9.17, 15) is 9.59 Å². The van der Waals surface area contributed by atoms with Gasteiger partial charge in [0.15, 0.2) is 0 Å². The molecule has 0 unspecified atom stereocenters. The second-order valence-electron chi connectivity index (χ2n) is 3.39. The van der Waals surface area contributed by atoms with Gasteiger partial charge in [0.2, 0.25) is 12.3 Å². The molecule has 0 fully saturated rings. The highest BCUT2D eigenvalue weighted by molar-refractivity contribution is 5.86. The molecule has 3 heteroatoms. The van der Waals surface area contributed by atoms with E-state index < -0.39 is 0 Å². The monoisotopic (exact) mass is 171 g/mol. The molecule has 12 heavy (non-hydrogen) atoms. The number of hydrogen-bond donors (Lipinski definition) is 0. The van der Waals surface area contributed by atoms with Crippen LogP contribution in [0.5, 0.6) is 0 Å². The van der Waals surface area contributed by atoms with Gasteiger partial charge in [-0.2, -0.15) is 0 Å². The zero-order valence-corrected chi connectivity index (χ0v) is 8.26. The zero-order chi connectivity index (χ0) is 9.78. The Kier molecular flexibility index (Phi) is 3.93. The topological polar surface area (TPSA) is 37.4 Å². The van der Waals surface area contributed by atoms with Crippen LogP contribution in [0.3, 0.4) is 0 Å². The third-order valence-corrected chi connectivity index (χ3v) is 2.19.